The highest BCUT2D eigenvalue weighted by Gasteiger charge is 2.73. The van der Waals surface area contributed by atoms with Crippen LogP contribution < -0.4 is 9.47 Å². The SMILES string of the molecule is COc1ccc(C(c2ccc(Oc3ccc(S(=O)(=O)c4ccc(C)cc4)cc3)cc2)(C(F)(F)F)C(F)(F)F)cc1.F.F.F.F.O=S(=O)(c1ccc(F)cc1)c1ccc(F)cc1.Oc1ccc(C(c2ccc(O)cc2)(C(F)(F)F)C(F)(F)F)cc1. The van der Waals surface area contributed by atoms with E-state index in [1.807, 2.05) is 6.92 Å². The van der Waals surface area contributed by atoms with Gasteiger partial charge in [-0.05, 0) is 163 Å². The summed E-state index contributed by atoms with van der Waals surface area (Å²) in [4.78, 5) is 0.0340. The first-order valence-corrected chi connectivity index (χ1v) is 25.6. The van der Waals surface area contributed by atoms with Crippen molar-refractivity contribution < 1.29 is 117 Å². The largest absolute Gasteiger partial charge is 0.508 e. The molecule has 8 aromatic rings. The zero-order chi connectivity index (χ0) is 59.3. The van der Waals surface area contributed by atoms with E-state index in [1.165, 1.54) is 67.8 Å². The minimum Gasteiger partial charge on any atom is -0.508 e. The quantitative estimate of drug-likeness (QED) is 0.0968. The number of halogens is 18. The van der Waals surface area contributed by atoms with E-state index >= 15 is 0 Å². The van der Waals surface area contributed by atoms with E-state index in [2.05, 4.69) is 0 Å². The highest BCUT2D eigenvalue weighted by molar-refractivity contribution is 7.91. The third-order valence-electron chi connectivity index (χ3n) is 12.1. The van der Waals surface area contributed by atoms with Gasteiger partial charge in [-0.25, -0.2) is 25.6 Å². The first-order chi connectivity index (χ1) is 37.2. The summed E-state index contributed by atoms with van der Waals surface area (Å²) < 4.78 is 253. The standard InChI is InChI=1S/C29H22F6O4S.C15H10F6O2.C12H8F2O2S.4FH/c1-19-3-15-25(16-4-19)40(36,37)26-17-13-24(14-18-26)39-23-11-7-21(8-12-23)27(28(30,31)32,29(33,34)35)20-5-9-22(38-2)10-6-20;16-14(17,18)13(15(19,20)21,9-1-5-11(22)6-2-9)10-3-7-12(23)8-4-10;13-9-1-5-11(6-2-9)17(15,16)12-7-3-10(14)4-8-12;;;;/h3-18H,1-2H3;1-8,22-23H;1-8H;4*1H. The molecular formula is C56H44F18O8S2. The van der Waals surface area contributed by atoms with Crippen LogP contribution in [0.15, 0.2) is 214 Å². The maximum Gasteiger partial charge on any atom is 0.411 e. The Hall–Kier alpha value is -8.40. The first kappa shape index (κ1) is 71.7. The van der Waals surface area contributed by atoms with Gasteiger partial charge in [0.15, 0.2) is 0 Å². The van der Waals surface area contributed by atoms with Gasteiger partial charge in [0.25, 0.3) is 0 Å². The number of benzene rings is 8. The molecule has 0 saturated heterocycles. The van der Waals surface area contributed by atoms with Crippen LogP contribution in [0.2, 0.25) is 0 Å². The number of aromatic hydroxyl groups is 2. The van der Waals surface area contributed by atoms with Crippen LogP contribution in [0.4, 0.5) is 80.3 Å². The summed E-state index contributed by atoms with van der Waals surface area (Å²) in [6.07, 6.45) is -22.9. The van der Waals surface area contributed by atoms with Crippen molar-refractivity contribution in [3.8, 4) is 28.7 Å². The van der Waals surface area contributed by atoms with E-state index in [0.717, 1.165) is 90.5 Å². The molecule has 0 aliphatic rings. The highest BCUT2D eigenvalue weighted by Crippen LogP contribution is 2.58. The summed E-state index contributed by atoms with van der Waals surface area (Å²) in [5, 5.41) is 18.3. The number of aryl methyl sites for hydroxylation is 1. The molecule has 0 aliphatic heterocycles. The molecule has 2 N–H and O–H groups in total. The summed E-state index contributed by atoms with van der Waals surface area (Å²) >= 11 is 0. The fourth-order valence-electron chi connectivity index (χ4n) is 8.04. The Bertz CT molecular complexity index is 3460. The zero-order valence-corrected chi connectivity index (χ0v) is 44.2. The summed E-state index contributed by atoms with van der Waals surface area (Å²) in [6, 6.07) is 32.7. The van der Waals surface area contributed by atoms with E-state index in [0.29, 0.717) is 36.4 Å². The van der Waals surface area contributed by atoms with E-state index in [1.54, 1.807) is 12.1 Å². The normalized spacial score (nSPS) is 12.0. The number of hydrogen-bond acceptors (Lipinski definition) is 8. The Labute approximate surface area is 466 Å². The molecule has 0 fully saturated rings. The topological polar surface area (TPSA) is 127 Å². The van der Waals surface area contributed by atoms with Gasteiger partial charge in [0, 0.05) is 0 Å². The lowest BCUT2D eigenvalue weighted by Crippen LogP contribution is -2.54. The lowest BCUT2D eigenvalue weighted by molar-refractivity contribution is -0.290. The van der Waals surface area contributed by atoms with Crippen LogP contribution in [-0.2, 0) is 30.5 Å². The van der Waals surface area contributed by atoms with Gasteiger partial charge in [-0.15, -0.1) is 0 Å². The fourth-order valence-corrected chi connectivity index (χ4v) is 10.6. The summed E-state index contributed by atoms with van der Waals surface area (Å²) in [7, 11) is -6.27. The van der Waals surface area contributed by atoms with Crippen LogP contribution >= 0.6 is 0 Å². The van der Waals surface area contributed by atoms with Gasteiger partial charge in [-0.1, -0.05) is 66.2 Å². The maximum atomic E-state index is 14.3. The van der Waals surface area contributed by atoms with Gasteiger partial charge in [0.1, 0.15) is 40.4 Å². The Morgan fingerprint density at radius 1 is 0.333 bits per heavy atom. The van der Waals surface area contributed by atoms with Crippen molar-refractivity contribution >= 4 is 19.7 Å². The molecule has 454 valence electrons. The molecule has 0 aliphatic carbocycles. The fraction of sp³-hybridized carbons (Fsp3) is 0.143. The van der Waals surface area contributed by atoms with Crippen LogP contribution in [0.25, 0.3) is 0 Å². The molecular weight excluding hydrogens is 1210 g/mol. The molecule has 0 heterocycles. The predicted molar refractivity (Wildman–Crippen MR) is 273 cm³/mol. The van der Waals surface area contributed by atoms with Crippen LogP contribution in [-0.4, -0.2) is 58.9 Å². The van der Waals surface area contributed by atoms with Crippen LogP contribution in [0.3, 0.4) is 0 Å². The number of hydrogen-bond donors (Lipinski definition) is 2. The van der Waals surface area contributed by atoms with Gasteiger partial charge in [0.2, 0.25) is 30.5 Å². The van der Waals surface area contributed by atoms with Crippen molar-refractivity contribution in [1.29, 1.82) is 0 Å². The van der Waals surface area contributed by atoms with Crippen LogP contribution in [0.1, 0.15) is 27.8 Å². The third-order valence-corrected chi connectivity index (χ3v) is 15.6. The van der Waals surface area contributed by atoms with Gasteiger partial charge in [0.05, 0.1) is 26.7 Å². The van der Waals surface area contributed by atoms with Gasteiger partial charge in [-0.3, -0.25) is 18.8 Å². The second-order valence-electron chi connectivity index (χ2n) is 17.1. The van der Waals surface area contributed by atoms with Crippen molar-refractivity contribution in [3.05, 3.63) is 234 Å². The van der Waals surface area contributed by atoms with Gasteiger partial charge < -0.3 is 19.7 Å². The molecule has 84 heavy (non-hydrogen) atoms. The average molecular weight is 1250 g/mol. The molecule has 0 atom stereocenters. The number of alkyl halides is 12. The number of phenolic OH excluding ortho intramolecular Hbond substituents is 2. The Kier molecular flexibility index (Phi) is 23.3. The second-order valence-corrected chi connectivity index (χ2v) is 21.0. The molecule has 28 heteroatoms. The number of ether oxygens (including phenoxy) is 2. The minimum atomic E-state index is -5.74. The monoisotopic (exact) mass is 1250 g/mol. The molecule has 0 spiro atoms. The molecule has 0 unspecified atom stereocenters. The second kappa shape index (κ2) is 27.3. The van der Waals surface area contributed by atoms with E-state index in [-0.39, 0.29) is 55.6 Å². The smallest absolute Gasteiger partial charge is 0.411 e. The molecule has 0 saturated carbocycles. The zero-order valence-electron chi connectivity index (χ0n) is 42.6. The van der Waals surface area contributed by atoms with Crippen LogP contribution in [0, 0.1) is 18.6 Å². The Morgan fingerprint density at radius 2 is 0.548 bits per heavy atom. The maximum absolute atomic E-state index is 14.3. The number of sulfone groups is 2. The van der Waals surface area contributed by atoms with Crippen molar-refractivity contribution in [2.75, 3.05) is 7.11 Å². The summed E-state index contributed by atoms with van der Waals surface area (Å²) in [6.45, 7) is 1.82. The van der Waals surface area contributed by atoms with Crippen molar-refractivity contribution in [1.82, 2.24) is 0 Å². The predicted octanol–water partition coefficient (Wildman–Crippen LogP) is 16.0. The average Bonchev–Trinajstić information content (AvgIpc) is 1.07. The third kappa shape index (κ3) is 14.9. The van der Waals surface area contributed by atoms with E-state index < -0.39 is 101 Å². The minimum absolute atomic E-state index is 0. The number of methoxy groups -OCH3 is 1. The van der Waals surface area contributed by atoms with Crippen LogP contribution in [0.5, 0.6) is 28.7 Å². The summed E-state index contributed by atoms with van der Waals surface area (Å²) in [5.41, 5.74) is -11.9. The molecule has 8 aromatic carbocycles. The molecule has 8 rings (SSSR count). The molecule has 0 bridgehead atoms. The molecule has 8 nitrogen and oxygen atoms in total. The summed E-state index contributed by atoms with van der Waals surface area (Å²) in [5.74, 6) is -1.76. The van der Waals surface area contributed by atoms with Crippen molar-refractivity contribution in [3.63, 3.8) is 0 Å². The van der Waals surface area contributed by atoms with Gasteiger partial charge in [-0.2, -0.15) is 52.7 Å². The van der Waals surface area contributed by atoms with Gasteiger partial charge >= 0.3 is 24.7 Å². The lowest BCUT2D eigenvalue weighted by Gasteiger charge is -2.38. The Balaban J connectivity index is 0.000000464. The van der Waals surface area contributed by atoms with Crippen molar-refractivity contribution in [2.24, 2.45) is 0 Å². The molecule has 0 radical (unpaired) electrons. The number of rotatable bonds is 11. The first-order valence-electron chi connectivity index (χ1n) is 22.7. The van der Waals surface area contributed by atoms with E-state index in [9.17, 15) is 78.3 Å². The number of phenols is 2. The highest BCUT2D eigenvalue weighted by atomic mass is 32.2. The Morgan fingerprint density at radius 3 is 0.798 bits per heavy atom. The lowest BCUT2D eigenvalue weighted by atomic mass is 9.73. The van der Waals surface area contributed by atoms with E-state index in [4.69, 9.17) is 19.7 Å². The molecule has 0 aromatic heterocycles. The van der Waals surface area contributed by atoms with Crippen molar-refractivity contribution in [2.45, 2.75) is 62.0 Å². The molecule has 0 amide bonds.